The average molecular weight is 359 g/mol. The summed E-state index contributed by atoms with van der Waals surface area (Å²) in [4.78, 5) is 13.6. The van der Waals surface area contributed by atoms with Gasteiger partial charge in [0, 0.05) is 10.4 Å². The van der Waals surface area contributed by atoms with Crippen molar-refractivity contribution in [2.45, 2.75) is 12.7 Å². The molecule has 0 radical (unpaired) electrons. The Morgan fingerprint density at radius 1 is 0.960 bits per heavy atom. The molecule has 128 valence electrons. The molecule has 0 unspecified atom stereocenters. The molecule has 3 nitrogen and oxygen atoms in total. The maximum absolute atomic E-state index is 12.6. The van der Waals surface area contributed by atoms with Gasteiger partial charge in [-0.15, -0.1) is 11.3 Å². The molecule has 1 amide bonds. The van der Waals surface area contributed by atoms with Crippen LogP contribution in [0.4, 0.5) is 8.78 Å². The van der Waals surface area contributed by atoms with E-state index in [1.54, 1.807) is 11.3 Å². The number of halogens is 2. The maximum atomic E-state index is 12.6. The van der Waals surface area contributed by atoms with Crippen LogP contribution in [0.25, 0.3) is 0 Å². The Morgan fingerprint density at radius 2 is 1.68 bits per heavy atom. The highest BCUT2D eigenvalue weighted by Crippen LogP contribution is 2.26. The van der Waals surface area contributed by atoms with Gasteiger partial charge in [0.25, 0.3) is 5.91 Å². The highest BCUT2D eigenvalue weighted by molar-refractivity contribution is 7.10. The van der Waals surface area contributed by atoms with E-state index < -0.39 is 6.61 Å². The molecule has 0 aliphatic rings. The molecule has 0 aliphatic carbocycles. The molecule has 0 bridgehead atoms. The van der Waals surface area contributed by atoms with Gasteiger partial charge in [0.2, 0.25) is 0 Å². The Kier molecular flexibility index (Phi) is 5.40. The summed E-state index contributed by atoms with van der Waals surface area (Å²) in [5.41, 5.74) is 1.34. The van der Waals surface area contributed by atoms with Crippen LogP contribution in [0.3, 0.4) is 0 Å². The van der Waals surface area contributed by atoms with Gasteiger partial charge in [-0.25, -0.2) is 0 Å². The van der Waals surface area contributed by atoms with Crippen molar-refractivity contribution in [3.8, 4) is 5.75 Å². The van der Waals surface area contributed by atoms with Gasteiger partial charge in [-0.3, -0.25) is 4.79 Å². The molecule has 1 N–H and O–H groups in total. The fourth-order valence-corrected chi connectivity index (χ4v) is 3.22. The number of carbonyl (C=O) groups excluding carboxylic acids is 1. The van der Waals surface area contributed by atoms with E-state index in [0.29, 0.717) is 5.56 Å². The van der Waals surface area contributed by atoms with Crippen molar-refractivity contribution in [3.05, 3.63) is 88.1 Å². The van der Waals surface area contributed by atoms with Crippen LogP contribution in [-0.2, 0) is 0 Å². The number of hydrogen-bond donors (Lipinski definition) is 1. The summed E-state index contributed by atoms with van der Waals surface area (Å²) >= 11 is 1.55. The topological polar surface area (TPSA) is 38.3 Å². The first-order chi connectivity index (χ1) is 12.1. The summed E-state index contributed by atoms with van der Waals surface area (Å²) in [6.07, 6.45) is 0. The predicted octanol–water partition coefficient (Wildman–Crippen LogP) is 4.87. The standard InChI is InChI=1S/C19H15F2NO2S/c20-19(21)24-15-10-8-14(9-11-15)18(23)22-17(16-7-4-12-25-16)13-5-2-1-3-6-13/h1-12,17,19H,(H,22,23)/t17-/m1/s1. The molecule has 3 aromatic rings. The van der Waals surface area contributed by atoms with Gasteiger partial charge in [-0.1, -0.05) is 36.4 Å². The van der Waals surface area contributed by atoms with E-state index in [2.05, 4.69) is 10.1 Å². The molecule has 0 fully saturated rings. The molecule has 0 saturated heterocycles. The second kappa shape index (κ2) is 7.90. The van der Waals surface area contributed by atoms with Crippen molar-refractivity contribution in [1.29, 1.82) is 0 Å². The van der Waals surface area contributed by atoms with Crippen molar-refractivity contribution in [1.82, 2.24) is 5.32 Å². The van der Waals surface area contributed by atoms with E-state index in [0.717, 1.165) is 10.4 Å². The lowest BCUT2D eigenvalue weighted by atomic mass is 10.0. The Bertz CT molecular complexity index is 805. The van der Waals surface area contributed by atoms with Crippen LogP contribution < -0.4 is 10.1 Å². The van der Waals surface area contributed by atoms with Crippen LogP contribution in [0.5, 0.6) is 5.75 Å². The van der Waals surface area contributed by atoms with Gasteiger partial charge in [0.05, 0.1) is 6.04 Å². The number of rotatable bonds is 6. The first-order valence-corrected chi connectivity index (χ1v) is 8.45. The lowest BCUT2D eigenvalue weighted by molar-refractivity contribution is -0.0498. The third kappa shape index (κ3) is 4.42. The highest BCUT2D eigenvalue weighted by Gasteiger charge is 2.18. The van der Waals surface area contributed by atoms with Crippen molar-refractivity contribution < 1.29 is 18.3 Å². The van der Waals surface area contributed by atoms with Gasteiger partial charge in [-0.2, -0.15) is 8.78 Å². The zero-order valence-electron chi connectivity index (χ0n) is 13.1. The molecular weight excluding hydrogens is 344 g/mol. The van der Waals surface area contributed by atoms with Crippen LogP contribution in [0.15, 0.2) is 72.1 Å². The Balaban J connectivity index is 1.79. The molecular formula is C19H15F2NO2S. The number of hydrogen-bond acceptors (Lipinski definition) is 3. The summed E-state index contributed by atoms with van der Waals surface area (Å²) in [5, 5.41) is 4.95. The lowest BCUT2D eigenvalue weighted by Gasteiger charge is -2.18. The van der Waals surface area contributed by atoms with Crippen LogP contribution in [0.1, 0.15) is 26.8 Å². The van der Waals surface area contributed by atoms with Gasteiger partial charge in [-0.05, 0) is 41.3 Å². The number of alkyl halides is 2. The summed E-state index contributed by atoms with van der Waals surface area (Å²) in [6.45, 7) is -2.89. The largest absolute Gasteiger partial charge is 0.435 e. The average Bonchev–Trinajstić information content (AvgIpc) is 3.14. The normalized spacial score (nSPS) is 12.0. The SMILES string of the molecule is O=C(N[C@H](c1ccccc1)c1cccs1)c1ccc(OC(F)F)cc1. The number of ether oxygens (including phenoxy) is 1. The molecule has 3 rings (SSSR count). The van der Waals surface area contributed by atoms with E-state index in [9.17, 15) is 13.6 Å². The zero-order valence-corrected chi connectivity index (χ0v) is 13.9. The van der Waals surface area contributed by atoms with E-state index in [1.807, 2.05) is 47.8 Å². The number of benzene rings is 2. The van der Waals surface area contributed by atoms with Gasteiger partial charge in [0.15, 0.2) is 0 Å². The molecule has 1 atom stereocenters. The second-order valence-corrected chi connectivity index (χ2v) is 6.21. The number of nitrogens with one attached hydrogen (secondary N) is 1. The first-order valence-electron chi connectivity index (χ1n) is 7.57. The Labute approximate surface area is 147 Å². The number of carbonyl (C=O) groups is 1. The van der Waals surface area contributed by atoms with E-state index in [-0.39, 0.29) is 17.7 Å². The van der Waals surface area contributed by atoms with E-state index in [4.69, 9.17) is 0 Å². The molecule has 25 heavy (non-hydrogen) atoms. The molecule has 6 heteroatoms. The van der Waals surface area contributed by atoms with Gasteiger partial charge in [0.1, 0.15) is 5.75 Å². The first kappa shape index (κ1) is 17.1. The molecule has 0 saturated carbocycles. The minimum absolute atomic E-state index is 0.0180. The third-order valence-electron chi connectivity index (χ3n) is 3.58. The summed E-state index contributed by atoms with van der Waals surface area (Å²) in [5.74, 6) is -0.268. The molecule has 1 aromatic heterocycles. The van der Waals surface area contributed by atoms with Crippen LogP contribution in [0, 0.1) is 0 Å². The second-order valence-electron chi connectivity index (χ2n) is 5.24. The smallest absolute Gasteiger partial charge is 0.387 e. The maximum Gasteiger partial charge on any atom is 0.387 e. The van der Waals surface area contributed by atoms with Crippen molar-refractivity contribution in [2.75, 3.05) is 0 Å². The van der Waals surface area contributed by atoms with Crippen molar-refractivity contribution in [3.63, 3.8) is 0 Å². The van der Waals surface area contributed by atoms with E-state index >= 15 is 0 Å². The van der Waals surface area contributed by atoms with Crippen molar-refractivity contribution >= 4 is 17.2 Å². The number of thiophene rings is 1. The van der Waals surface area contributed by atoms with Crippen LogP contribution >= 0.6 is 11.3 Å². The van der Waals surface area contributed by atoms with Crippen LogP contribution in [-0.4, -0.2) is 12.5 Å². The van der Waals surface area contributed by atoms with E-state index in [1.165, 1.54) is 24.3 Å². The third-order valence-corrected chi connectivity index (χ3v) is 4.51. The van der Waals surface area contributed by atoms with Gasteiger partial charge >= 0.3 is 6.61 Å². The Morgan fingerprint density at radius 3 is 2.28 bits per heavy atom. The summed E-state index contributed by atoms with van der Waals surface area (Å²) in [7, 11) is 0. The molecule has 0 aliphatic heterocycles. The lowest BCUT2D eigenvalue weighted by Crippen LogP contribution is -2.28. The predicted molar refractivity (Wildman–Crippen MR) is 93.1 cm³/mol. The summed E-state index contributed by atoms with van der Waals surface area (Å²) < 4.78 is 28.7. The quantitative estimate of drug-likeness (QED) is 0.682. The summed E-state index contributed by atoms with van der Waals surface area (Å²) in [6, 6.07) is 18.9. The minimum atomic E-state index is -2.89. The zero-order chi connectivity index (χ0) is 17.6. The van der Waals surface area contributed by atoms with Crippen LogP contribution in [0.2, 0.25) is 0 Å². The van der Waals surface area contributed by atoms with Gasteiger partial charge < -0.3 is 10.1 Å². The monoisotopic (exact) mass is 359 g/mol. The molecule has 2 aromatic carbocycles. The highest BCUT2D eigenvalue weighted by atomic mass is 32.1. The molecule has 1 heterocycles. The fraction of sp³-hybridized carbons (Fsp3) is 0.105. The molecule has 0 spiro atoms. The van der Waals surface area contributed by atoms with Crippen molar-refractivity contribution in [2.24, 2.45) is 0 Å². The minimum Gasteiger partial charge on any atom is -0.435 e. The number of amides is 1. The Hall–Kier alpha value is -2.73. The fourth-order valence-electron chi connectivity index (χ4n) is 2.42.